The van der Waals surface area contributed by atoms with E-state index in [-0.39, 0.29) is 5.78 Å². The molecule has 4 aromatic rings. The molecule has 0 saturated carbocycles. The Kier molecular flexibility index (Phi) is 3.24. The minimum atomic E-state index is -0.00629. The summed E-state index contributed by atoms with van der Waals surface area (Å²) in [4.78, 5) is 17.4. The van der Waals surface area contributed by atoms with Crippen LogP contribution < -0.4 is 0 Å². The van der Waals surface area contributed by atoms with E-state index in [2.05, 4.69) is 4.98 Å². The fourth-order valence-corrected chi connectivity index (χ4v) is 2.68. The molecule has 0 atom stereocenters. The molecule has 4 rings (SSSR count). The van der Waals surface area contributed by atoms with Gasteiger partial charge in [0.25, 0.3) is 0 Å². The van der Waals surface area contributed by atoms with Crippen molar-refractivity contribution in [3.8, 4) is 11.3 Å². The predicted octanol–water partition coefficient (Wildman–Crippen LogP) is 4.23. The second-order valence-electron chi connectivity index (χ2n) is 5.33. The zero-order valence-corrected chi connectivity index (χ0v) is 12.4. The molecule has 0 N–H and O–H groups in total. The molecule has 2 aromatic carbocycles. The molecule has 2 heterocycles. The summed E-state index contributed by atoms with van der Waals surface area (Å²) in [7, 11) is 0. The van der Waals surface area contributed by atoms with Gasteiger partial charge in [0.05, 0.1) is 11.4 Å². The SMILES string of the molecule is O=C(c1ccccc1)c1cccc2nc(-c3ccccc3)cn12. The van der Waals surface area contributed by atoms with Gasteiger partial charge in [0.15, 0.2) is 0 Å². The van der Waals surface area contributed by atoms with Gasteiger partial charge in [-0.3, -0.25) is 9.20 Å². The molecular weight excluding hydrogens is 284 g/mol. The van der Waals surface area contributed by atoms with Crippen LogP contribution in [0, 0.1) is 0 Å². The summed E-state index contributed by atoms with van der Waals surface area (Å²) >= 11 is 0. The van der Waals surface area contributed by atoms with Gasteiger partial charge in [-0.2, -0.15) is 0 Å². The maximum atomic E-state index is 12.8. The maximum absolute atomic E-state index is 12.8. The Bertz CT molecular complexity index is 972. The van der Waals surface area contributed by atoms with Crippen LogP contribution in [0.3, 0.4) is 0 Å². The number of rotatable bonds is 3. The van der Waals surface area contributed by atoms with Crippen LogP contribution in [0.15, 0.2) is 85.1 Å². The number of pyridine rings is 1. The number of fused-ring (bicyclic) bond motifs is 1. The normalized spacial score (nSPS) is 10.8. The average molecular weight is 298 g/mol. The molecule has 0 fully saturated rings. The third kappa shape index (κ3) is 2.42. The first-order valence-electron chi connectivity index (χ1n) is 7.46. The van der Waals surface area contributed by atoms with Crippen LogP contribution in [-0.2, 0) is 0 Å². The fraction of sp³-hybridized carbons (Fsp3) is 0. The molecule has 2 aromatic heterocycles. The van der Waals surface area contributed by atoms with Gasteiger partial charge in [-0.1, -0.05) is 66.7 Å². The molecule has 0 aliphatic carbocycles. The first-order chi connectivity index (χ1) is 11.3. The monoisotopic (exact) mass is 298 g/mol. The van der Waals surface area contributed by atoms with E-state index in [9.17, 15) is 4.79 Å². The zero-order chi connectivity index (χ0) is 15.6. The second kappa shape index (κ2) is 5.54. The molecule has 23 heavy (non-hydrogen) atoms. The van der Waals surface area contributed by atoms with Gasteiger partial charge in [-0.05, 0) is 12.1 Å². The van der Waals surface area contributed by atoms with Gasteiger partial charge in [0, 0.05) is 17.3 Å². The van der Waals surface area contributed by atoms with E-state index in [1.54, 1.807) is 0 Å². The molecule has 0 unspecified atom stereocenters. The Labute approximate surface area is 133 Å². The molecule has 3 nitrogen and oxygen atoms in total. The highest BCUT2D eigenvalue weighted by Gasteiger charge is 2.14. The van der Waals surface area contributed by atoms with Crippen LogP contribution in [0.4, 0.5) is 0 Å². The number of imidazole rings is 1. The number of ketones is 1. The number of nitrogens with zero attached hydrogens (tertiary/aromatic N) is 2. The summed E-state index contributed by atoms with van der Waals surface area (Å²) in [5, 5.41) is 0. The number of benzene rings is 2. The van der Waals surface area contributed by atoms with Gasteiger partial charge < -0.3 is 0 Å². The van der Waals surface area contributed by atoms with Gasteiger partial charge >= 0.3 is 0 Å². The number of carbonyl (C=O) groups excluding carboxylic acids is 1. The molecule has 0 radical (unpaired) electrons. The van der Waals surface area contributed by atoms with Crippen LogP contribution in [-0.4, -0.2) is 15.2 Å². The maximum Gasteiger partial charge on any atom is 0.209 e. The van der Waals surface area contributed by atoms with E-state index in [4.69, 9.17) is 0 Å². The lowest BCUT2D eigenvalue weighted by Crippen LogP contribution is -2.06. The molecule has 0 saturated heterocycles. The van der Waals surface area contributed by atoms with Gasteiger partial charge in [-0.15, -0.1) is 0 Å². The standard InChI is InChI=1S/C20H14N2O/c23-20(16-10-5-2-6-11-16)18-12-7-13-19-21-17(14-22(18)19)15-8-3-1-4-9-15/h1-14H. The van der Waals surface area contributed by atoms with E-state index in [0.717, 1.165) is 16.9 Å². The molecule has 0 spiro atoms. The molecule has 0 aliphatic rings. The van der Waals surface area contributed by atoms with Gasteiger partial charge in [0.2, 0.25) is 5.78 Å². The number of hydrogen-bond donors (Lipinski definition) is 0. The zero-order valence-electron chi connectivity index (χ0n) is 12.4. The van der Waals surface area contributed by atoms with Crippen molar-refractivity contribution in [2.24, 2.45) is 0 Å². The van der Waals surface area contributed by atoms with Crippen molar-refractivity contribution in [2.45, 2.75) is 0 Å². The molecule has 110 valence electrons. The highest BCUT2D eigenvalue weighted by Crippen LogP contribution is 2.21. The summed E-state index contributed by atoms with van der Waals surface area (Å²) in [6.07, 6.45) is 1.92. The third-order valence-electron chi connectivity index (χ3n) is 3.83. The largest absolute Gasteiger partial charge is 0.296 e. The van der Waals surface area contributed by atoms with Crippen molar-refractivity contribution in [1.29, 1.82) is 0 Å². The average Bonchev–Trinajstić information content (AvgIpc) is 3.07. The smallest absolute Gasteiger partial charge is 0.209 e. The topological polar surface area (TPSA) is 34.4 Å². The molecule has 0 aliphatic heterocycles. The fourth-order valence-electron chi connectivity index (χ4n) is 2.68. The second-order valence-corrected chi connectivity index (χ2v) is 5.33. The van der Waals surface area contributed by atoms with Crippen LogP contribution in [0.1, 0.15) is 16.1 Å². The predicted molar refractivity (Wildman–Crippen MR) is 90.5 cm³/mol. The first-order valence-corrected chi connectivity index (χ1v) is 7.46. The van der Waals surface area contributed by atoms with E-state index in [0.29, 0.717) is 11.3 Å². The van der Waals surface area contributed by atoms with Crippen LogP contribution in [0.5, 0.6) is 0 Å². The summed E-state index contributed by atoms with van der Waals surface area (Å²) in [6, 6.07) is 24.9. The Balaban J connectivity index is 1.85. The molecule has 0 bridgehead atoms. The van der Waals surface area contributed by atoms with Crippen LogP contribution in [0.2, 0.25) is 0 Å². The Morgan fingerprint density at radius 1 is 0.783 bits per heavy atom. The minimum Gasteiger partial charge on any atom is -0.296 e. The highest BCUT2D eigenvalue weighted by atomic mass is 16.1. The summed E-state index contributed by atoms with van der Waals surface area (Å²) < 4.78 is 1.86. The number of hydrogen-bond acceptors (Lipinski definition) is 2. The Morgan fingerprint density at radius 2 is 1.48 bits per heavy atom. The van der Waals surface area contributed by atoms with Crippen molar-refractivity contribution < 1.29 is 4.79 Å². The van der Waals surface area contributed by atoms with E-state index in [1.807, 2.05) is 89.5 Å². The summed E-state index contributed by atoms with van der Waals surface area (Å²) in [5.41, 5.74) is 3.96. The van der Waals surface area contributed by atoms with E-state index < -0.39 is 0 Å². The van der Waals surface area contributed by atoms with E-state index >= 15 is 0 Å². The van der Waals surface area contributed by atoms with Crippen LogP contribution in [0.25, 0.3) is 16.9 Å². The van der Waals surface area contributed by atoms with Gasteiger partial charge in [-0.25, -0.2) is 4.98 Å². The summed E-state index contributed by atoms with van der Waals surface area (Å²) in [6.45, 7) is 0. The number of carbonyl (C=O) groups is 1. The van der Waals surface area contributed by atoms with Crippen molar-refractivity contribution >= 4 is 11.4 Å². The van der Waals surface area contributed by atoms with Crippen molar-refractivity contribution in [3.05, 3.63) is 96.3 Å². The van der Waals surface area contributed by atoms with Crippen LogP contribution >= 0.6 is 0 Å². The lowest BCUT2D eigenvalue weighted by atomic mass is 10.1. The van der Waals surface area contributed by atoms with Crippen molar-refractivity contribution in [1.82, 2.24) is 9.38 Å². The Hall–Kier alpha value is -3.20. The van der Waals surface area contributed by atoms with E-state index in [1.165, 1.54) is 0 Å². The Morgan fingerprint density at radius 3 is 2.22 bits per heavy atom. The molecular formula is C20H14N2O. The lowest BCUT2D eigenvalue weighted by molar-refractivity contribution is 0.103. The highest BCUT2D eigenvalue weighted by molar-refractivity contribution is 6.08. The summed E-state index contributed by atoms with van der Waals surface area (Å²) in [5.74, 6) is -0.00629. The third-order valence-corrected chi connectivity index (χ3v) is 3.83. The quantitative estimate of drug-likeness (QED) is 0.530. The molecule has 0 amide bonds. The number of aromatic nitrogens is 2. The lowest BCUT2D eigenvalue weighted by Gasteiger charge is -2.04. The first kappa shape index (κ1) is 13.5. The van der Waals surface area contributed by atoms with Crippen molar-refractivity contribution in [3.63, 3.8) is 0 Å². The van der Waals surface area contributed by atoms with Crippen molar-refractivity contribution in [2.75, 3.05) is 0 Å². The minimum absolute atomic E-state index is 0.00629. The molecule has 3 heteroatoms. The van der Waals surface area contributed by atoms with Gasteiger partial charge in [0.1, 0.15) is 5.65 Å².